The zero-order valence-electron chi connectivity index (χ0n) is 14.7. The maximum atomic E-state index is 12.4. The zero-order chi connectivity index (χ0) is 19.3. The van der Waals surface area contributed by atoms with E-state index in [1.165, 1.54) is 6.26 Å². The van der Waals surface area contributed by atoms with Crippen LogP contribution < -0.4 is 5.32 Å². The second-order valence-electron chi connectivity index (χ2n) is 5.97. The van der Waals surface area contributed by atoms with Crippen molar-refractivity contribution in [3.63, 3.8) is 0 Å². The van der Waals surface area contributed by atoms with E-state index in [1.807, 2.05) is 0 Å². The Labute approximate surface area is 155 Å². The number of nitrogens with one attached hydrogen (secondary N) is 1. The molecule has 2 heterocycles. The van der Waals surface area contributed by atoms with Gasteiger partial charge in [-0.15, -0.1) is 0 Å². The first kappa shape index (κ1) is 18.4. The lowest BCUT2D eigenvalue weighted by Crippen LogP contribution is -2.51. The minimum absolute atomic E-state index is 0.0155. The van der Waals surface area contributed by atoms with E-state index in [-0.39, 0.29) is 25.2 Å². The van der Waals surface area contributed by atoms with E-state index in [2.05, 4.69) is 15.5 Å². The average molecular weight is 369 g/mol. The summed E-state index contributed by atoms with van der Waals surface area (Å²) in [6.45, 7) is 1.72. The van der Waals surface area contributed by atoms with Crippen molar-refractivity contribution >= 4 is 11.9 Å². The topological polar surface area (TPSA) is 118 Å². The summed E-state index contributed by atoms with van der Waals surface area (Å²) in [4.78, 5) is 28.5. The molecule has 0 bridgehead atoms. The SMILES string of the molecule is CCC(NC(=O)CCc1nc(-c2ccco2)no1)(C(=O)O)c1ccccc1. The first-order chi connectivity index (χ1) is 13.0. The van der Waals surface area contributed by atoms with Crippen molar-refractivity contribution in [2.45, 2.75) is 31.7 Å². The lowest BCUT2D eigenvalue weighted by Gasteiger charge is -2.30. The Kier molecular flexibility index (Phi) is 5.35. The third-order valence-electron chi connectivity index (χ3n) is 4.29. The fourth-order valence-electron chi connectivity index (χ4n) is 2.80. The molecule has 2 N–H and O–H groups in total. The van der Waals surface area contributed by atoms with E-state index in [4.69, 9.17) is 8.94 Å². The molecular weight excluding hydrogens is 350 g/mol. The first-order valence-corrected chi connectivity index (χ1v) is 8.51. The molecule has 0 radical (unpaired) electrons. The molecule has 8 nitrogen and oxygen atoms in total. The molecule has 0 aliphatic heterocycles. The Morgan fingerprint density at radius 2 is 1.96 bits per heavy atom. The number of carboxylic acids is 1. The summed E-state index contributed by atoms with van der Waals surface area (Å²) >= 11 is 0. The first-order valence-electron chi connectivity index (χ1n) is 8.51. The molecule has 8 heteroatoms. The van der Waals surface area contributed by atoms with Gasteiger partial charge in [-0.05, 0) is 24.1 Å². The third kappa shape index (κ3) is 3.89. The van der Waals surface area contributed by atoms with Gasteiger partial charge < -0.3 is 19.4 Å². The Balaban J connectivity index is 1.67. The second-order valence-corrected chi connectivity index (χ2v) is 5.97. The number of hydrogen-bond acceptors (Lipinski definition) is 6. The molecular formula is C19H19N3O5. The number of furan rings is 1. The van der Waals surface area contributed by atoms with Crippen LogP contribution in [0.5, 0.6) is 0 Å². The van der Waals surface area contributed by atoms with Crippen molar-refractivity contribution in [2.24, 2.45) is 0 Å². The smallest absolute Gasteiger partial charge is 0.334 e. The van der Waals surface area contributed by atoms with Crippen LogP contribution in [0.15, 0.2) is 57.7 Å². The highest BCUT2D eigenvalue weighted by molar-refractivity contribution is 5.88. The van der Waals surface area contributed by atoms with Gasteiger partial charge in [0.15, 0.2) is 11.3 Å². The molecule has 0 saturated carbocycles. The van der Waals surface area contributed by atoms with Gasteiger partial charge in [0.05, 0.1) is 6.26 Å². The van der Waals surface area contributed by atoms with E-state index >= 15 is 0 Å². The lowest BCUT2D eigenvalue weighted by atomic mass is 9.87. The third-order valence-corrected chi connectivity index (χ3v) is 4.29. The molecule has 1 aromatic carbocycles. The Hall–Kier alpha value is -3.42. The van der Waals surface area contributed by atoms with E-state index in [1.54, 1.807) is 49.4 Å². The van der Waals surface area contributed by atoms with Crippen molar-refractivity contribution in [3.8, 4) is 11.6 Å². The summed E-state index contributed by atoms with van der Waals surface area (Å²) < 4.78 is 10.3. The largest absolute Gasteiger partial charge is 0.479 e. The Morgan fingerprint density at radius 3 is 2.59 bits per heavy atom. The monoisotopic (exact) mass is 369 g/mol. The van der Waals surface area contributed by atoms with Crippen molar-refractivity contribution < 1.29 is 23.6 Å². The maximum absolute atomic E-state index is 12.4. The number of aryl methyl sites for hydroxylation is 1. The molecule has 3 rings (SSSR count). The van der Waals surface area contributed by atoms with E-state index in [0.717, 1.165) is 0 Å². The zero-order valence-corrected chi connectivity index (χ0v) is 14.7. The molecule has 0 fully saturated rings. The molecule has 0 aliphatic rings. The number of hydrogen-bond donors (Lipinski definition) is 2. The van der Waals surface area contributed by atoms with Crippen molar-refractivity contribution in [3.05, 3.63) is 60.2 Å². The number of carbonyl (C=O) groups is 2. The van der Waals surface area contributed by atoms with Gasteiger partial charge in [-0.2, -0.15) is 4.98 Å². The number of aliphatic carboxylic acids is 1. The molecule has 1 atom stereocenters. The number of aromatic nitrogens is 2. The molecule has 27 heavy (non-hydrogen) atoms. The number of nitrogens with zero attached hydrogens (tertiary/aromatic N) is 2. The summed E-state index contributed by atoms with van der Waals surface area (Å²) in [6, 6.07) is 12.0. The molecule has 0 spiro atoms. The minimum Gasteiger partial charge on any atom is -0.479 e. The summed E-state index contributed by atoms with van der Waals surface area (Å²) in [5, 5.41) is 16.2. The van der Waals surface area contributed by atoms with Crippen molar-refractivity contribution in [2.75, 3.05) is 0 Å². The van der Waals surface area contributed by atoms with Gasteiger partial charge in [0.1, 0.15) is 0 Å². The van der Waals surface area contributed by atoms with Crippen LogP contribution in [0, 0.1) is 0 Å². The van der Waals surface area contributed by atoms with Crippen LogP contribution in [0.3, 0.4) is 0 Å². The predicted octanol–water partition coefficient (Wildman–Crippen LogP) is 2.77. The van der Waals surface area contributed by atoms with Crippen LogP contribution in [-0.2, 0) is 21.5 Å². The van der Waals surface area contributed by atoms with Crippen LogP contribution in [0.2, 0.25) is 0 Å². The molecule has 0 saturated heterocycles. The minimum atomic E-state index is -1.48. The lowest BCUT2D eigenvalue weighted by molar-refractivity contribution is -0.148. The standard InChI is InChI=1S/C19H19N3O5/c1-2-19(18(24)25,13-7-4-3-5-8-13)21-15(23)10-11-16-20-17(22-27-16)14-9-6-12-26-14/h3-9,12H,2,10-11H2,1H3,(H,21,23)(H,24,25). The number of benzene rings is 1. The molecule has 2 aromatic heterocycles. The molecule has 0 aliphatic carbocycles. The van der Waals surface area contributed by atoms with Crippen LogP contribution in [0.25, 0.3) is 11.6 Å². The van der Waals surface area contributed by atoms with Crippen molar-refractivity contribution in [1.82, 2.24) is 15.5 Å². The van der Waals surface area contributed by atoms with Crippen LogP contribution in [0.4, 0.5) is 0 Å². The highest BCUT2D eigenvalue weighted by atomic mass is 16.5. The van der Waals surface area contributed by atoms with Gasteiger partial charge in [-0.3, -0.25) is 4.79 Å². The molecule has 140 valence electrons. The van der Waals surface area contributed by atoms with Crippen LogP contribution in [0.1, 0.15) is 31.2 Å². The molecule has 1 amide bonds. The highest BCUT2D eigenvalue weighted by Crippen LogP contribution is 2.26. The van der Waals surface area contributed by atoms with Gasteiger partial charge in [-0.1, -0.05) is 42.4 Å². The maximum Gasteiger partial charge on any atom is 0.334 e. The van der Waals surface area contributed by atoms with Gasteiger partial charge in [0.2, 0.25) is 17.6 Å². The summed E-state index contributed by atoms with van der Waals surface area (Å²) in [5.41, 5.74) is -0.960. The number of carbonyl (C=O) groups excluding carboxylic acids is 1. The number of amides is 1. The summed E-state index contributed by atoms with van der Waals surface area (Å²) in [5.74, 6) is -0.487. The van der Waals surface area contributed by atoms with E-state index in [9.17, 15) is 14.7 Å². The van der Waals surface area contributed by atoms with Gasteiger partial charge in [0.25, 0.3) is 0 Å². The van der Waals surface area contributed by atoms with Gasteiger partial charge in [-0.25, -0.2) is 4.79 Å². The quantitative estimate of drug-likeness (QED) is 0.626. The summed E-state index contributed by atoms with van der Waals surface area (Å²) in [6.07, 6.45) is 1.91. The van der Waals surface area contributed by atoms with E-state index in [0.29, 0.717) is 17.1 Å². The highest BCUT2D eigenvalue weighted by Gasteiger charge is 2.40. The number of carboxylic acid groups (broad SMARTS) is 1. The van der Waals surface area contributed by atoms with Gasteiger partial charge >= 0.3 is 5.97 Å². The van der Waals surface area contributed by atoms with E-state index < -0.39 is 17.4 Å². The molecule has 1 unspecified atom stereocenters. The average Bonchev–Trinajstić information content (AvgIpc) is 3.36. The summed E-state index contributed by atoms with van der Waals surface area (Å²) in [7, 11) is 0. The normalized spacial score (nSPS) is 13.1. The van der Waals surface area contributed by atoms with Gasteiger partial charge in [0, 0.05) is 12.8 Å². The fourth-order valence-corrected chi connectivity index (χ4v) is 2.80. The Morgan fingerprint density at radius 1 is 1.19 bits per heavy atom. The predicted molar refractivity (Wildman–Crippen MR) is 94.5 cm³/mol. The Bertz CT molecular complexity index is 905. The number of rotatable bonds is 8. The van der Waals surface area contributed by atoms with Crippen LogP contribution in [-0.4, -0.2) is 27.1 Å². The fraction of sp³-hybridized carbons (Fsp3) is 0.263. The van der Waals surface area contributed by atoms with Crippen molar-refractivity contribution in [1.29, 1.82) is 0 Å². The second kappa shape index (κ2) is 7.86. The van der Waals surface area contributed by atoms with Crippen LogP contribution >= 0.6 is 0 Å². The molecule has 3 aromatic rings.